The summed E-state index contributed by atoms with van der Waals surface area (Å²) in [5.41, 5.74) is 2.85. The van der Waals surface area contributed by atoms with Gasteiger partial charge in [0, 0.05) is 61.8 Å². The predicted molar refractivity (Wildman–Crippen MR) is 342 cm³/mol. The Kier molecular flexibility index (Phi) is 21.1. The Bertz CT molecular complexity index is 4900. The lowest BCUT2D eigenvalue weighted by molar-refractivity contribution is -0.355. The summed E-state index contributed by atoms with van der Waals surface area (Å²) in [6, 6.07) is 29.2. The molecule has 0 bridgehead atoms. The van der Waals surface area contributed by atoms with Crippen LogP contribution in [0.1, 0.15) is 64.6 Å². The van der Waals surface area contributed by atoms with E-state index >= 15 is 0 Å². The van der Waals surface area contributed by atoms with E-state index in [4.69, 9.17) is 57.5 Å². The fraction of sp³-hybridized carbons (Fsp3) is 0.152. The van der Waals surface area contributed by atoms with Crippen LogP contribution in [0.3, 0.4) is 0 Å². The van der Waals surface area contributed by atoms with Gasteiger partial charge in [0.1, 0.15) is 67.3 Å². The molecule has 5 aromatic carbocycles. The van der Waals surface area contributed by atoms with E-state index in [0.717, 1.165) is 25.3 Å². The molecule has 0 aliphatic rings. The first-order chi connectivity index (χ1) is 45.9. The number of carboxylic acid groups (broad SMARTS) is 1. The molecule has 0 atom stereocenters. The highest BCUT2D eigenvalue weighted by Gasteiger charge is 2.72. The lowest BCUT2D eigenvalue weighted by atomic mass is 9.96. The van der Waals surface area contributed by atoms with E-state index in [1.165, 1.54) is 119 Å². The first kappa shape index (κ1) is 71.3. The zero-order chi connectivity index (χ0) is 70.7. The van der Waals surface area contributed by atoms with Gasteiger partial charge in [-0.2, -0.15) is 35.7 Å². The topological polar surface area (TPSA) is 238 Å². The number of carbonyl (C=O) groups excluding carboxylic acids is 4. The number of pyridine rings is 3. The van der Waals surface area contributed by atoms with Gasteiger partial charge in [0.15, 0.2) is 5.78 Å². The normalized spacial score (nSPS) is 11.6. The van der Waals surface area contributed by atoms with Crippen molar-refractivity contribution in [1.29, 1.82) is 0 Å². The van der Waals surface area contributed by atoms with Crippen LogP contribution in [0, 0.1) is 17.5 Å². The molecule has 4 N–H and O–H groups in total. The summed E-state index contributed by atoms with van der Waals surface area (Å²) in [6.45, 7) is 0. The molecular weight excluding hydrogens is 1430 g/mol. The van der Waals surface area contributed by atoms with Crippen molar-refractivity contribution in [3.05, 3.63) is 193 Å². The lowest BCUT2D eigenvalue weighted by Gasteiger charge is -2.28. The maximum atomic E-state index is 13.8. The van der Waals surface area contributed by atoms with Crippen molar-refractivity contribution in [2.75, 3.05) is 35.4 Å². The molecule has 0 aliphatic carbocycles. The average molecular weight is 1470 g/mol. The zero-order valence-electron chi connectivity index (χ0n) is 50.2. The Morgan fingerprint density at radius 2 is 0.825 bits per heavy atom. The number of aromatic carboxylic acids is 1. The molecule has 11 aromatic rings. The Labute approximate surface area is 563 Å². The predicted octanol–water partition coefficient (Wildman–Crippen LogP) is 17.5. The maximum absolute atomic E-state index is 13.8. The smallest absolute Gasteiger partial charge is 0.459 e. The van der Waals surface area contributed by atoms with Gasteiger partial charge >= 0.3 is 24.0 Å². The van der Waals surface area contributed by atoms with Crippen molar-refractivity contribution in [3.63, 3.8) is 0 Å². The Morgan fingerprint density at radius 1 is 0.495 bits per heavy atom. The third-order valence-corrected chi connectivity index (χ3v) is 16.3. The minimum Gasteiger partial charge on any atom is -0.496 e. The van der Waals surface area contributed by atoms with Gasteiger partial charge in [-0.3, -0.25) is 19.2 Å². The third-order valence-electron chi connectivity index (χ3n) is 14.6. The van der Waals surface area contributed by atoms with Crippen LogP contribution in [0.15, 0.2) is 145 Å². The number of rotatable bonds is 16. The van der Waals surface area contributed by atoms with Crippen LogP contribution in [0.25, 0.3) is 89.5 Å². The summed E-state index contributed by atoms with van der Waals surface area (Å²) < 4.78 is 160. The Balaban J connectivity index is 0.000000180. The number of fused-ring (bicyclic) bond motifs is 3. The molecule has 11 rings (SSSR count). The number of hydrogen-bond acceptors (Lipinski definition) is 13. The second-order valence-electron chi connectivity index (χ2n) is 20.5. The number of Topliss-reactive ketones (excluding diaryl/α,β-unsaturated/α-hetero) is 1. The fourth-order valence-electron chi connectivity index (χ4n) is 9.76. The fourth-order valence-corrected chi connectivity index (χ4v) is 10.7. The van der Waals surface area contributed by atoms with Gasteiger partial charge in [0.25, 0.3) is 17.7 Å². The van der Waals surface area contributed by atoms with Crippen molar-refractivity contribution >= 4 is 114 Å². The summed E-state index contributed by atoms with van der Waals surface area (Å²) in [5, 5.41) is 18.2. The quantitative estimate of drug-likeness (QED) is 0.0400. The van der Waals surface area contributed by atoms with Gasteiger partial charge < -0.3 is 43.8 Å². The second-order valence-corrected chi connectivity index (χ2v) is 22.4. The van der Waals surface area contributed by atoms with Crippen molar-refractivity contribution < 1.29 is 95.7 Å². The molecule has 17 nitrogen and oxygen atoms in total. The van der Waals surface area contributed by atoms with Crippen LogP contribution in [0.4, 0.5) is 43.9 Å². The number of ketones is 1. The molecule has 3 amide bonds. The van der Waals surface area contributed by atoms with Crippen LogP contribution < -0.4 is 25.4 Å². The van der Waals surface area contributed by atoms with E-state index in [2.05, 4.69) is 46.8 Å². The molecule has 6 heterocycles. The van der Waals surface area contributed by atoms with Gasteiger partial charge in [0.2, 0.25) is 17.1 Å². The standard InChI is InChI=1S/C28H19ClF8N2O4.C23H16ClFN2O5.C15H9BrClFN2O2/c1-38-24(41)21-18-12-16(23(29)39-25(18)43-22(21)13-3-6-15(30)7-4-13)14-5-8-20(42-2)17(11-14)19(40)9-10-26(31,32)27(33,34)28(35,36)37;1-26-21(28)18-16-10-14(12-5-8-17(31-2)15(9-12)23(29)30)20(24)27-22(16)32-19(18)11-3-6-13(25)7-4-11;1-19-14(21)11-9-6-10(16)13(17)20-15(9)22-12(11)7-2-4-8(18)5-3-7/h3-8,11-12H,9-10H2,1-2H3,(H,38,41);3-10H,1-2H3,(H,26,28)(H,29,30);2-6H,1H3,(H,19,21). The number of hydrogen-bond donors (Lipinski definition) is 4. The Hall–Kier alpha value is -10.0. The number of carboxylic acids is 1. The number of halogens is 14. The van der Waals surface area contributed by atoms with Crippen molar-refractivity contribution in [3.8, 4) is 67.7 Å². The van der Waals surface area contributed by atoms with Gasteiger partial charge in [-0.25, -0.2) is 27.9 Å². The van der Waals surface area contributed by atoms with Crippen molar-refractivity contribution in [1.82, 2.24) is 30.9 Å². The maximum Gasteiger partial charge on any atom is 0.459 e. The number of nitrogens with zero attached hydrogens (tertiary/aromatic N) is 3. The highest BCUT2D eigenvalue weighted by Crippen LogP contribution is 2.49. The molecule has 0 saturated heterocycles. The highest BCUT2D eigenvalue weighted by molar-refractivity contribution is 9.10. The second kappa shape index (κ2) is 28.7. The summed E-state index contributed by atoms with van der Waals surface area (Å²) in [7, 11) is 6.85. The average Bonchev–Trinajstić information content (AvgIpc) is 1.72. The molecule has 0 fully saturated rings. The number of carbonyl (C=O) groups is 5. The molecule has 31 heteroatoms. The van der Waals surface area contributed by atoms with Gasteiger partial charge in [-0.15, -0.1) is 0 Å². The number of amides is 3. The highest BCUT2D eigenvalue weighted by atomic mass is 79.9. The third kappa shape index (κ3) is 14.6. The summed E-state index contributed by atoms with van der Waals surface area (Å²) in [4.78, 5) is 74.8. The van der Waals surface area contributed by atoms with Gasteiger partial charge in [-0.1, -0.05) is 46.9 Å². The van der Waals surface area contributed by atoms with Crippen LogP contribution in [-0.4, -0.2) is 103 Å². The van der Waals surface area contributed by atoms with Crippen LogP contribution in [0.2, 0.25) is 15.5 Å². The first-order valence-corrected chi connectivity index (χ1v) is 29.7. The van der Waals surface area contributed by atoms with Crippen molar-refractivity contribution in [2.45, 2.75) is 30.9 Å². The van der Waals surface area contributed by atoms with E-state index in [-0.39, 0.29) is 101 Å². The number of furan rings is 3. The number of ether oxygens (including phenoxy) is 2. The number of benzene rings is 5. The summed E-state index contributed by atoms with van der Waals surface area (Å²) in [6.07, 6.45) is -10.0. The Morgan fingerprint density at radius 3 is 1.16 bits per heavy atom. The van der Waals surface area contributed by atoms with E-state index in [1.54, 1.807) is 18.2 Å². The minimum absolute atomic E-state index is 0.00663. The molecule has 502 valence electrons. The molecular formula is C66H44BrCl3F10N6O11. The van der Waals surface area contributed by atoms with E-state index in [0.29, 0.717) is 54.4 Å². The van der Waals surface area contributed by atoms with Gasteiger partial charge in [0.05, 0.1) is 57.1 Å². The molecule has 0 aliphatic heterocycles. The minimum atomic E-state index is -6.53. The SMILES string of the molecule is CNC(=O)c1c(-c2ccc(F)cc2)oc2nc(Cl)c(-c3ccc(OC)c(C(=O)CCC(F)(F)C(F)(F)C(F)(F)F)c3)cc12.CNC(=O)c1c(-c2ccc(F)cc2)oc2nc(Cl)c(-c3ccc(OC)c(C(=O)O)c3)cc12.CNC(=O)c1c(-c2ccc(F)cc2)oc2nc(Cl)c(Br)cc12. The van der Waals surface area contributed by atoms with E-state index in [1.807, 2.05) is 0 Å². The molecule has 6 aromatic heterocycles. The summed E-state index contributed by atoms with van der Waals surface area (Å²) >= 11 is 22.0. The van der Waals surface area contributed by atoms with Crippen LogP contribution in [0.5, 0.6) is 11.5 Å². The molecule has 0 saturated carbocycles. The monoisotopic (exact) mass is 1470 g/mol. The largest absolute Gasteiger partial charge is 0.496 e. The van der Waals surface area contributed by atoms with E-state index in [9.17, 15) is 73.0 Å². The van der Waals surface area contributed by atoms with Crippen LogP contribution in [-0.2, 0) is 0 Å². The molecule has 97 heavy (non-hydrogen) atoms. The number of nitrogens with one attached hydrogen (secondary N) is 3. The lowest BCUT2D eigenvalue weighted by Crippen LogP contribution is -2.52. The number of aromatic nitrogens is 3. The van der Waals surface area contributed by atoms with Crippen molar-refractivity contribution in [2.24, 2.45) is 0 Å². The van der Waals surface area contributed by atoms with Crippen LogP contribution >= 0.6 is 50.7 Å². The number of alkyl halides is 7. The van der Waals surface area contributed by atoms with E-state index < -0.39 is 71.6 Å². The first-order valence-electron chi connectivity index (χ1n) is 27.8. The molecule has 0 spiro atoms. The molecule has 0 radical (unpaired) electrons. The number of methoxy groups -OCH3 is 2. The molecule has 0 unspecified atom stereocenters. The zero-order valence-corrected chi connectivity index (χ0v) is 54.1. The van der Waals surface area contributed by atoms with Gasteiger partial charge in [-0.05, 0) is 142 Å². The summed E-state index contributed by atoms with van der Waals surface area (Å²) in [5.74, 6) is -16.4.